The van der Waals surface area contributed by atoms with Gasteiger partial charge in [-0.25, -0.2) is 9.00 Å². The van der Waals surface area contributed by atoms with E-state index in [0.29, 0.717) is 36.2 Å². The summed E-state index contributed by atoms with van der Waals surface area (Å²) in [5.41, 5.74) is 3.06. The molecule has 0 bridgehead atoms. The normalized spacial score (nSPS) is 14.6. The van der Waals surface area contributed by atoms with E-state index < -0.39 is 29.0 Å². The SMILES string of the molecule is O=C(NCN1CCc2c(cc(Cl)c(C(=O)N[C@@H](Cc3cccc(S(=O)O)c3)C(=O)O)c2Cl)C1)c1ccc2ccoc2c1. The lowest BCUT2D eigenvalue weighted by molar-refractivity contribution is -0.139. The predicted octanol–water partition coefficient (Wildman–Crippen LogP) is 4.49. The fraction of sp³-hybridized carbons (Fsp3) is 0.207. The molecule has 3 aromatic carbocycles. The molecule has 0 saturated carbocycles. The van der Waals surface area contributed by atoms with E-state index in [4.69, 9.17) is 27.6 Å². The van der Waals surface area contributed by atoms with Crippen molar-refractivity contribution in [1.29, 1.82) is 0 Å². The van der Waals surface area contributed by atoms with Crippen LogP contribution in [0.2, 0.25) is 10.0 Å². The van der Waals surface area contributed by atoms with Crippen LogP contribution in [0.1, 0.15) is 37.4 Å². The first kappa shape index (κ1) is 29.7. The first-order chi connectivity index (χ1) is 20.1. The molecule has 13 heteroatoms. The second-order valence-electron chi connectivity index (χ2n) is 9.79. The molecule has 1 aliphatic rings. The third-order valence-electron chi connectivity index (χ3n) is 7.04. The van der Waals surface area contributed by atoms with Crippen molar-refractivity contribution in [3.05, 3.63) is 98.7 Å². The van der Waals surface area contributed by atoms with Crippen LogP contribution in [0.15, 0.2) is 70.2 Å². The smallest absolute Gasteiger partial charge is 0.326 e. The number of rotatable bonds is 9. The van der Waals surface area contributed by atoms with Gasteiger partial charge in [-0.2, -0.15) is 0 Å². The number of carbonyl (C=O) groups excluding carboxylic acids is 2. The summed E-state index contributed by atoms with van der Waals surface area (Å²) in [6, 6.07) is 13.3. The van der Waals surface area contributed by atoms with Crippen molar-refractivity contribution in [3.8, 4) is 0 Å². The molecule has 1 aromatic heterocycles. The summed E-state index contributed by atoms with van der Waals surface area (Å²) in [6.45, 7) is 1.25. The first-order valence-electron chi connectivity index (χ1n) is 12.8. The van der Waals surface area contributed by atoms with Crippen LogP contribution < -0.4 is 10.6 Å². The van der Waals surface area contributed by atoms with E-state index in [9.17, 15) is 28.3 Å². The highest BCUT2D eigenvalue weighted by Crippen LogP contribution is 2.34. The zero-order chi connectivity index (χ0) is 30.0. The number of fused-ring (bicyclic) bond motifs is 2. The largest absolute Gasteiger partial charge is 0.480 e. The lowest BCUT2D eigenvalue weighted by Gasteiger charge is -2.30. The van der Waals surface area contributed by atoms with Crippen molar-refractivity contribution in [1.82, 2.24) is 15.5 Å². The molecule has 0 radical (unpaired) electrons. The molecule has 4 aromatic rings. The van der Waals surface area contributed by atoms with Crippen molar-refractivity contribution >= 4 is 63.0 Å². The lowest BCUT2D eigenvalue weighted by Crippen LogP contribution is -2.43. The van der Waals surface area contributed by atoms with Gasteiger partial charge in [0.2, 0.25) is 0 Å². The Hall–Kier alpha value is -3.74. The van der Waals surface area contributed by atoms with Crippen LogP contribution in [-0.2, 0) is 35.3 Å². The Labute approximate surface area is 252 Å². The molecule has 2 atom stereocenters. The van der Waals surface area contributed by atoms with Gasteiger partial charge >= 0.3 is 5.97 Å². The number of nitrogens with one attached hydrogen (secondary N) is 2. The van der Waals surface area contributed by atoms with E-state index >= 15 is 0 Å². The van der Waals surface area contributed by atoms with E-state index in [1.54, 1.807) is 30.5 Å². The Morgan fingerprint density at radius 2 is 1.88 bits per heavy atom. The highest BCUT2D eigenvalue weighted by molar-refractivity contribution is 7.79. The molecule has 1 aliphatic heterocycles. The number of hydrogen-bond acceptors (Lipinski definition) is 6. The van der Waals surface area contributed by atoms with E-state index in [1.807, 2.05) is 17.0 Å². The second kappa shape index (κ2) is 12.6. The number of hydrogen-bond donors (Lipinski definition) is 4. The van der Waals surface area contributed by atoms with E-state index in [0.717, 1.165) is 16.5 Å². The summed E-state index contributed by atoms with van der Waals surface area (Å²) < 4.78 is 26.1. The first-order valence-corrected chi connectivity index (χ1v) is 14.7. The van der Waals surface area contributed by atoms with Crippen molar-refractivity contribution in [2.75, 3.05) is 13.2 Å². The summed E-state index contributed by atoms with van der Waals surface area (Å²) in [5, 5.41) is 16.2. The number of furan rings is 1. The number of aliphatic carboxylic acids is 1. The molecule has 10 nitrogen and oxygen atoms in total. The van der Waals surface area contributed by atoms with Gasteiger partial charge in [0.05, 0.1) is 33.4 Å². The molecule has 0 fully saturated rings. The number of carboxylic acid groups (broad SMARTS) is 1. The van der Waals surface area contributed by atoms with Crippen molar-refractivity contribution in [2.45, 2.75) is 30.3 Å². The number of amides is 2. The minimum Gasteiger partial charge on any atom is -0.480 e. The maximum Gasteiger partial charge on any atom is 0.326 e. The van der Waals surface area contributed by atoms with Crippen LogP contribution in [0.5, 0.6) is 0 Å². The Morgan fingerprint density at radius 1 is 1.07 bits per heavy atom. The number of halogens is 2. The monoisotopic (exact) mass is 629 g/mol. The van der Waals surface area contributed by atoms with E-state index in [2.05, 4.69) is 10.6 Å². The molecule has 5 rings (SSSR count). The molecule has 4 N–H and O–H groups in total. The maximum absolute atomic E-state index is 13.2. The fourth-order valence-corrected chi connectivity index (χ4v) is 6.09. The Bertz CT molecular complexity index is 1720. The zero-order valence-electron chi connectivity index (χ0n) is 21.9. The lowest BCUT2D eigenvalue weighted by atomic mass is 9.96. The van der Waals surface area contributed by atoms with Crippen LogP contribution in [0, 0.1) is 0 Å². The van der Waals surface area contributed by atoms with Gasteiger partial charge in [0.15, 0.2) is 11.1 Å². The molecular formula is C29H25Cl2N3O7S. The van der Waals surface area contributed by atoms with Crippen molar-refractivity contribution in [2.24, 2.45) is 0 Å². The molecule has 0 spiro atoms. The van der Waals surface area contributed by atoms with Gasteiger partial charge in [-0.3, -0.25) is 14.5 Å². The van der Waals surface area contributed by atoms with Gasteiger partial charge in [0, 0.05) is 30.5 Å². The third-order valence-corrected chi connectivity index (χ3v) is 8.41. The quantitative estimate of drug-likeness (QED) is 0.198. The second-order valence-corrected chi connectivity index (χ2v) is 11.5. The third kappa shape index (κ3) is 6.50. The summed E-state index contributed by atoms with van der Waals surface area (Å²) >= 11 is 10.9. The maximum atomic E-state index is 13.2. The highest BCUT2D eigenvalue weighted by atomic mass is 35.5. The van der Waals surface area contributed by atoms with Crippen LogP contribution in [0.25, 0.3) is 11.0 Å². The standard InChI is InChI=1S/C29H25Cl2N3O7S/c30-22-12-19-14-34(15-32-27(35)18-5-4-17-7-9-41-24(17)13-18)8-6-21(19)26(31)25(22)28(36)33-23(29(37)38)11-16-2-1-3-20(10-16)42(39)40/h1-5,7,9-10,12-13,23H,6,8,11,14-15H2,(H,32,35)(H,33,36)(H,37,38)(H,39,40)/t23-/m0/s1. The van der Waals surface area contributed by atoms with Crippen molar-refractivity contribution in [3.63, 3.8) is 0 Å². The summed E-state index contributed by atoms with van der Waals surface area (Å²) in [4.78, 5) is 40.0. The van der Waals surface area contributed by atoms with Gasteiger partial charge in [0.25, 0.3) is 11.8 Å². The van der Waals surface area contributed by atoms with Crippen LogP contribution >= 0.6 is 23.2 Å². The van der Waals surface area contributed by atoms with Gasteiger partial charge in [0.1, 0.15) is 11.6 Å². The van der Waals surface area contributed by atoms with Gasteiger partial charge < -0.3 is 24.7 Å². The molecular weight excluding hydrogens is 605 g/mol. The fourth-order valence-electron chi connectivity index (χ4n) is 4.88. The minimum absolute atomic E-state index is 0.0244. The molecule has 2 amide bonds. The number of carboxylic acids is 1. The van der Waals surface area contributed by atoms with Crippen LogP contribution in [0.3, 0.4) is 0 Å². The minimum atomic E-state index is -2.23. The predicted molar refractivity (Wildman–Crippen MR) is 157 cm³/mol. The number of nitrogens with zero attached hydrogens (tertiary/aromatic N) is 1. The molecule has 2 heterocycles. The average molecular weight is 631 g/mol. The Morgan fingerprint density at radius 3 is 2.64 bits per heavy atom. The average Bonchev–Trinajstić information content (AvgIpc) is 3.43. The number of benzene rings is 3. The summed E-state index contributed by atoms with van der Waals surface area (Å²) in [6.07, 6.45) is 1.92. The molecule has 0 saturated heterocycles. The molecule has 42 heavy (non-hydrogen) atoms. The van der Waals surface area contributed by atoms with Gasteiger partial charge in [-0.15, -0.1) is 0 Å². The highest BCUT2D eigenvalue weighted by Gasteiger charge is 2.28. The molecule has 218 valence electrons. The van der Waals surface area contributed by atoms with Crippen LogP contribution in [0.4, 0.5) is 0 Å². The van der Waals surface area contributed by atoms with Crippen LogP contribution in [-0.4, -0.2) is 55.8 Å². The Kier molecular flexibility index (Phi) is 8.95. The molecule has 1 unspecified atom stereocenters. The van der Waals surface area contributed by atoms with Gasteiger partial charge in [-0.1, -0.05) is 41.4 Å². The molecule has 0 aliphatic carbocycles. The Balaban J connectivity index is 1.25. The zero-order valence-corrected chi connectivity index (χ0v) is 24.3. The number of carbonyl (C=O) groups is 3. The van der Waals surface area contributed by atoms with Crippen molar-refractivity contribution < 1.29 is 32.7 Å². The summed E-state index contributed by atoms with van der Waals surface area (Å²) in [7, 11) is 0. The van der Waals surface area contributed by atoms with E-state index in [1.165, 1.54) is 18.2 Å². The summed E-state index contributed by atoms with van der Waals surface area (Å²) in [5.74, 6) is -2.28. The van der Waals surface area contributed by atoms with Gasteiger partial charge in [-0.05, 0) is 59.5 Å². The topological polar surface area (TPSA) is 149 Å². The van der Waals surface area contributed by atoms with E-state index in [-0.39, 0.29) is 39.5 Å².